The molecule has 1 fully saturated rings. The number of anilines is 2. The second-order valence-corrected chi connectivity index (χ2v) is 13.1. The van der Waals surface area contributed by atoms with Crippen LogP contribution in [0.25, 0.3) is 0 Å². The van der Waals surface area contributed by atoms with Crippen molar-refractivity contribution < 1.29 is 24.0 Å². The van der Waals surface area contributed by atoms with Crippen LogP contribution in [0, 0.1) is 16.0 Å². The van der Waals surface area contributed by atoms with Crippen molar-refractivity contribution in [1.29, 1.82) is 0 Å². The molecule has 0 saturated carbocycles. The summed E-state index contributed by atoms with van der Waals surface area (Å²) in [4.78, 5) is 67.3. The van der Waals surface area contributed by atoms with Crippen LogP contribution in [0.3, 0.4) is 0 Å². The number of non-ortho nitro benzene ring substituents is 1. The number of fused-ring (bicyclic) bond motifs is 2. The van der Waals surface area contributed by atoms with Gasteiger partial charge in [0, 0.05) is 39.2 Å². The highest BCUT2D eigenvalue weighted by atomic mass is 35.5. The fourth-order valence-electron chi connectivity index (χ4n) is 5.14. The Morgan fingerprint density at radius 2 is 1.75 bits per heavy atom. The van der Waals surface area contributed by atoms with Crippen LogP contribution in [0.4, 0.5) is 17.1 Å². The fraction of sp³-hybridized carbons (Fsp3) is 0.143. The van der Waals surface area contributed by atoms with Gasteiger partial charge in [0.05, 0.1) is 31.6 Å². The molecule has 2 N–H and O–H groups in total. The van der Waals surface area contributed by atoms with E-state index in [1.165, 1.54) is 36.4 Å². The van der Waals surface area contributed by atoms with E-state index in [1.54, 1.807) is 24.3 Å². The third kappa shape index (κ3) is 5.57. The first-order valence-electron chi connectivity index (χ1n) is 12.7. The van der Waals surface area contributed by atoms with Crippen LogP contribution >= 0.6 is 57.9 Å². The van der Waals surface area contributed by atoms with E-state index < -0.39 is 46.3 Å². The lowest BCUT2D eigenvalue weighted by atomic mass is 9.82. The minimum absolute atomic E-state index is 0.178. The first-order valence-corrected chi connectivity index (χ1v) is 15.5. The van der Waals surface area contributed by atoms with E-state index in [4.69, 9.17) is 39.5 Å². The maximum Gasteiger partial charge on any atom is 0.305 e. The number of rotatable bonds is 7. The average molecular weight is 692 g/mol. The Balaban J connectivity index is 1.34. The molecule has 2 aliphatic heterocycles. The molecule has 3 unspecified atom stereocenters. The van der Waals surface area contributed by atoms with Gasteiger partial charge in [0.25, 0.3) is 11.6 Å². The Hall–Kier alpha value is -3.88. The van der Waals surface area contributed by atoms with Crippen LogP contribution < -0.4 is 19.8 Å². The molecule has 3 aromatic carbocycles. The van der Waals surface area contributed by atoms with Crippen LogP contribution in [-0.4, -0.2) is 39.5 Å². The topological polar surface area (TPSA) is 152 Å². The summed E-state index contributed by atoms with van der Waals surface area (Å²) in [5.41, 5.74) is 0.789. The predicted molar refractivity (Wildman–Crippen MR) is 168 cm³/mol. The Bertz CT molecular complexity index is 1910. The molecule has 0 bridgehead atoms. The largest absolute Gasteiger partial charge is 0.483 e. The highest BCUT2D eigenvalue weighted by Crippen LogP contribution is 2.54. The second kappa shape index (κ2) is 11.9. The van der Waals surface area contributed by atoms with Crippen LogP contribution in [0.2, 0.25) is 15.1 Å². The number of thiazole rings is 1. The molecule has 0 spiro atoms. The van der Waals surface area contributed by atoms with Gasteiger partial charge in [0.2, 0.25) is 11.8 Å². The van der Waals surface area contributed by atoms with Gasteiger partial charge in [-0.1, -0.05) is 57.9 Å². The molecule has 3 atom stereocenters. The number of nitrogens with zero attached hydrogens (tertiary/aromatic N) is 2. The van der Waals surface area contributed by atoms with E-state index >= 15 is 0 Å². The molecule has 4 aromatic rings. The van der Waals surface area contributed by atoms with Crippen molar-refractivity contribution in [2.45, 2.75) is 16.2 Å². The molecule has 2 aliphatic rings. The number of imide groups is 1. The van der Waals surface area contributed by atoms with Gasteiger partial charge in [0.15, 0.2) is 6.61 Å². The molecule has 0 aliphatic carbocycles. The molecule has 11 nitrogen and oxygen atoms in total. The number of aromatic nitrogens is 1. The van der Waals surface area contributed by atoms with Crippen LogP contribution in [0.5, 0.6) is 5.75 Å². The number of ether oxygens (including phenoxy) is 1. The second-order valence-electron chi connectivity index (χ2n) is 9.68. The Morgan fingerprint density at radius 1 is 1.00 bits per heavy atom. The number of carbonyl (C=O) groups is 3. The summed E-state index contributed by atoms with van der Waals surface area (Å²) in [6, 6.07) is 14.4. The van der Waals surface area contributed by atoms with Gasteiger partial charge < -0.3 is 15.0 Å². The zero-order chi connectivity index (χ0) is 31.3. The number of H-pyrrole nitrogens is 1. The monoisotopic (exact) mass is 690 g/mol. The number of carbonyl (C=O) groups excluding carboxylic acids is 3. The summed E-state index contributed by atoms with van der Waals surface area (Å²) in [5.74, 6) is -3.20. The number of nitro benzene ring substituents is 1. The number of amides is 3. The average Bonchev–Trinajstić information content (AvgIpc) is 3.48. The maximum atomic E-state index is 14.0. The molecule has 0 radical (unpaired) electrons. The third-order valence-electron chi connectivity index (χ3n) is 7.01. The van der Waals surface area contributed by atoms with Gasteiger partial charge in [-0.2, -0.15) is 0 Å². The van der Waals surface area contributed by atoms with E-state index in [-0.39, 0.29) is 27.0 Å². The maximum absolute atomic E-state index is 14.0. The van der Waals surface area contributed by atoms with Crippen LogP contribution in [-0.2, 0) is 14.4 Å². The molecule has 16 heteroatoms. The third-order valence-corrected chi connectivity index (χ3v) is 10.4. The molecule has 1 saturated heterocycles. The van der Waals surface area contributed by atoms with Crippen molar-refractivity contribution in [2.75, 3.05) is 16.8 Å². The first-order chi connectivity index (χ1) is 21.0. The molecular weight excluding hydrogens is 675 g/mol. The Morgan fingerprint density at radius 3 is 2.45 bits per heavy atom. The Kier molecular flexibility index (Phi) is 8.16. The van der Waals surface area contributed by atoms with Crippen molar-refractivity contribution in [3.63, 3.8) is 0 Å². The zero-order valence-electron chi connectivity index (χ0n) is 21.9. The quantitative estimate of drug-likeness (QED) is 0.134. The minimum atomic E-state index is -0.979. The van der Waals surface area contributed by atoms with Gasteiger partial charge in [-0.3, -0.25) is 29.3 Å². The van der Waals surface area contributed by atoms with Crippen molar-refractivity contribution in [3.8, 4) is 5.75 Å². The van der Waals surface area contributed by atoms with Crippen molar-refractivity contribution in [1.82, 2.24) is 4.98 Å². The van der Waals surface area contributed by atoms with Crippen molar-refractivity contribution in [3.05, 3.63) is 106 Å². The predicted octanol–water partition coefficient (Wildman–Crippen LogP) is 6.12. The van der Waals surface area contributed by atoms with E-state index in [0.717, 1.165) is 28.0 Å². The van der Waals surface area contributed by atoms with E-state index in [2.05, 4.69) is 10.3 Å². The number of nitrogens with one attached hydrogen (secondary N) is 2. The number of halogens is 3. The highest BCUT2D eigenvalue weighted by Gasteiger charge is 2.57. The van der Waals surface area contributed by atoms with Crippen LogP contribution in [0.15, 0.2) is 70.5 Å². The van der Waals surface area contributed by atoms with Gasteiger partial charge >= 0.3 is 4.87 Å². The SMILES string of the molecule is O=C(COc1ccc(Cl)cc1C1c2sc(=O)[nH]c2SC2C(=O)N(c3ccc([N+](=O)[O-])cc3)C(=O)C21)Nc1ccc(Cl)c(Cl)c1. The lowest BCUT2D eigenvalue weighted by molar-refractivity contribution is -0.384. The summed E-state index contributed by atoms with van der Waals surface area (Å²) in [6.07, 6.45) is 0. The number of benzene rings is 3. The molecule has 1 aromatic heterocycles. The van der Waals surface area contributed by atoms with E-state index in [1.807, 2.05) is 0 Å². The minimum Gasteiger partial charge on any atom is -0.483 e. The van der Waals surface area contributed by atoms with Gasteiger partial charge in [0.1, 0.15) is 11.0 Å². The first kappa shape index (κ1) is 30.2. The summed E-state index contributed by atoms with van der Waals surface area (Å²) in [5, 5.41) is 14.2. The lowest BCUT2D eigenvalue weighted by Crippen LogP contribution is -2.32. The zero-order valence-corrected chi connectivity index (χ0v) is 25.8. The normalized spacial score (nSPS) is 19.0. The Labute approximate surface area is 271 Å². The smallest absolute Gasteiger partial charge is 0.305 e. The van der Waals surface area contributed by atoms with Crippen LogP contribution in [0.1, 0.15) is 16.4 Å². The highest BCUT2D eigenvalue weighted by molar-refractivity contribution is 8.00. The van der Waals surface area contributed by atoms with Crippen molar-refractivity contribution >= 4 is 92.7 Å². The number of thioether (sulfide) groups is 1. The number of nitro groups is 1. The molecule has 44 heavy (non-hydrogen) atoms. The molecule has 224 valence electrons. The van der Waals surface area contributed by atoms with E-state index in [0.29, 0.717) is 31.2 Å². The number of aromatic amines is 1. The lowest BCUT2D eigenvalue weighted by Gasteiger charge is -2.31. The van der Waals surface area contributed by atoms with Gasteiger partial charge in [-0.15, -0.1) is 0 Å². The van der Waals surface area contributed by atoms with Gasteiger partial charge in [-0.05, 0) is 48.5 Å². The molecular formula is C28H17Cl3N4O7S2. The van der Waals surface area contributed by atoms with Gasteiger partial charge in [-0.25, -0.2) is 4.90 Å². The number of hydrogen-bond acceptors (Lipinski definition) is 9. The van der Waals surface area contributed by atoms with Crippen molar-refractivity contribution in [2.24, 2.45) is 5.92 Å². The van der Waals surface area contributed by atoms with E-state index in [9.17, 15) is 29.3 Å². The summed E-state index contributed by atoms with van der Waals surface area (Å²) in [7, 11) is 0. The molecule has 6 rings (SSSR count). The standard InChI is InChI=1S/C28H17Cl3N4O7S2/c29-12-1-8-19(42-11-20(36)32-13-2-7-17(30)18(31)10-13)16(9-12)21-22-24(43-25-23(21)44-28(39)33-25)27(38)34(26(22)37)14-3-5-15(6-4-14)35(40)41/h1-10,21-22,24H,11H2,(H,32,36)(H,33,39). The number of hydrogen-bond donors (Lipinski definition) is 2. The summed E-state index contributed by atoms with van der Waals surface area (Å²) >= 11 is 20.3. The summed E-state index contributed by atoms with van der Waals surface area (Å²) in [6.45, 7) is -0.428. The summed E-state index contributed by atoms with van der Waals surface area (Å²) < 4.78 is 5.92. The fourth-order valence-corrected chi connectivity index (χ4v) is 8.12. The molecule has 3 amide bonds. The molecule has 3 heterocycles.